The zero-order valence-corrected chi connectivity index (χ0v) is 11.4. The van der Waals surface area contributed by atoms with E-state index in [-0.39, 0.29) is 11.8 Å². The van der Waals surface area contributed by atoms with Crippen molar-refractivity contribution in [2.24, 2.45) is 5.73 Å². The van der Waals surface area contributed by atoms with E-state index in [1.54, 1.807) is 49.6 Å². The van der Waals surface area contributed by atoms with Gasteiger partial charge in [-0.25, -0.2) is 0 Å². The summed E-state index contributed by atoms with van der Waals surface area (Å²) in [5, 5.41) is 0. The fraction of sp³-hybridized carbons (Fsp3) is 0.118. The van der Waals surface area contributed by atoms with Gasteiger partial charge in [0.05, 0.1) is 7.11 Å². The van der Waals surface area contributed by atoms with Crippen LogP contribution in [0.1, 0.15) is 27.5 Å². The molecule has 0 fully saturated rings. The van der Waals surface area contributed by atoms with Crippen molar-refractivity contribution in [2.75, 3.05) is 7.11 Å². The minimum atomic E-state index is -0.208. The fourth-order valence-electron chi connectivity index (χ4n) is 1.90. The van der Waals surface area contributed by atoms with E-state index in [1.165, 1.54) is 0 Å². The molecule has 0 spiro atoms. The number of carbonyl (C=O) groups excluding carboxylic acids is 1. The quantitative estimate of drug-likeness (QED) is 0.669. The van der Waals surface area contributed by atoms with E-state index < -0.39 is 0 Å². The molecule has 0 radical (unpaired) electrons. The summed E-state index contributed by atoms with van der Waals surface area (Å²) in [5.41, 5.74) is 8.05. The van der Waals surface area contributed by atoms with E-state index in [4.69, 9.17) is 10.5 Å². The molecular weight excluding hydrogens is 250 g/mol. The first kappa shape index (κ1) is 14.0. The van der Waals surface area contributed by atoms with Gasteiger partial charge in [-0.05, 0) is 29.8 Å². The van der Waals surface area contributed by atoms with E-state index in [0.717, 1.165) is 11.3 Å². The molecule has 0 aliphatic carbocycles. The van der Waals surface area contributed by atoms with Crippen molar-refractivity contribution in [3.05, 3.63) is 77.9 Å². The van der Waals surface area contributed by atoms with Crippen LogP contribution in [0.3, 0.4) is 0 Å². The Balaban J connectivity index is 2.21. The molecule has 2 N–H and O–H groups in total. The molecule has 2 rings (SSSR count). The molecule has 0 aromatic heterocycles. The second kappa shape index (κ2) is 6.17. The normalized spacial score (nSPS) is 11.7. The summed E-state index contributed by atoms with van der Waals surface area (Å²) < 4.78 is 5.07. The summed E-state index contributed by atoms with van der Waals surface area (Å²) in [7, 11) is 1.60. The lowest BCUT2D eigenvalue weighted by atomic mass is 10.00. The molecular formula is C17H17NO2. The maximum atomic E-state index is 12.3. The van der Waals surface area contributed by atoms with Crippen molar-refractivity contribution >= 4 is 5.78 Å². The zero-order chi connectivity index (χ0) is 14.5. The highest BCUT2D eigenvalue weighted by molar-refractivity contribution is 6.09. The lowest BCUT2D eigenvalue weighted by Gasteiger charge is -2.08. The molecule has 1 atom stereocenters. The molecule has 2 aromatic rings. The zero-order valence-electron chi connectivity index (χ0n) is 11.4. The van der Waals surface area contributed by atoms with E-state index >= 15 is 0 Å². The molecule has 20 heavy (non-hydrogen) atoms. The number of benzene rings is 2. The summed E-state index contributed by atoms with van der Waals surface area (Å²) in [6, 6.07) is 14.1. The average Bonchev–Trinajstić information content (AvgIpc) is 2.53. The van der Waals surface area contributed by atoms with Crippen LogP contribution in [-0.2, 0) is 0 Å². The number of hydrogen-bond donors (Lipinski definition) is 1. The van der Waals surface area contributed by atoms with E-state index in [0.29, 0.717) is 11.1 Å². The Bertz CT molecular complexity index is 600. The van der Waals surface area contributed by atoms with Gasteiger partial charge in [-0.1, -0.05) is 30.3 Å². The second-order valence-electron chi connectivity index (χ2n) is 4.44. The number of methoxy groups -OCH3 is 1. The molecule has 0 aliphatic rings. The Hall–Kier alpha value is -2.39. The smallest absolute Gasteiger partial charge is 0.193 e. The molecule has 3 nitrogen and oxygen atoms in total. The van der Waals surface area contributed by atoms with Crippen LogP contribution < -0.4 is 10.5 Å². The maximum absolute atomic E-state index is 12.3. The van der Waals surface area contributed by atoms with E-state index in [1.807, 2.05) is 12.1 Å². The minimum absolute atomic E-state index is 0.0219. The molecule has 0 saturated heterocycles. The SMILES string of the molecule is C=CC(N)c1ccc(C(=O)c2ccc(OC)cc2)cc1. The molecule has 0 aliphatic heterocycles. The van der Waals surface area contributed by atoms with Crippen molar-refractivity contribution < 1.29 is 9.53 Å². The lowest BCUT2D eigenvalue weighted by molar-refractivity contribution is 0.103. The molecule has 2 aromatic carbocycles. The standard InChI is InChI=1S/C17H17NO2/c1-3-16(18)12-4-6-13(7-5-12)17(19)14-8-10-15(20-2)11-9-14/h3-11,16H,1,18H2,2H3. The number of carbonyl (C=O) groups is 1. The van der Waals surface area contributed by atoms with Gasteiger partial charge in [0.25, 0.3) is 0 Å². The first-order valence-corrected chi connectivity index (χ1v) is 6.32. The summed E-state index contributed by atoms with van der Waals surface area (Å²) >= 11 is 0. The van der Waals surface area contributed by atoms with Gasteiger partial charge < -0.3 is 10.5 Å². The van der Waals surface area contributed by atoms with Crippen molar-refractivity contribution in [1.29, 1.82) is 0 Å². The topological polar surface area (TPSA) is 52.3 Å². The highest BCUT2D eigenvalue weighted by Gasteiger charge is 2.10. The predicted octanol–water partition coefficient (Wildman–Crippen LogP) is 3.11. The van der Waals surface area contributed by atoms with Crippen LogP contribution in [0.4, 0.5) is 0 Å². The van der Waals surface area contributed by atoms with Crippen molar-refractivity contribution in [3.8, 4) is 5.75 Å². The predicted molar refractivity (Wildman–Crippen MR) is 80.0 cm³/mol. The van der Waals surface area contributed by atoms with Crippen molar-refractivity contribution in [1.82, 2.24) is 0 Å². The van der Waals surface area contributed by atoms with Crippen LogP contribution in [0, 0.1) is 0 Å². The van der Waals surface area contributed by atoms with Gasteiger partial charge in [0.15, 0.2) is 5.78 Å². The Morgan fingerprint density at radius 3 is 2.05 bits per heavy atom. The number of ether oxygens (including phenoxy) is 1. The number of ketones is 1. The third-order valence-electron chi connectivity index (χ3n) is 3.16. The van der Waals surface area contributed by atoms with Gasteiger partial charge in [0.1, 0.15) is 5.75 Å². The maximum Gasteiger partial charge on any atom is 0.193 e. The molecule has 0 amide bonds. The summed E-state index contributed by atoms with van der Waals surface area (Å²) in [6.07, 6.45) is 1.67. The Morgan fingerprint density at radius 1 is 1.10 bits per heavy atom. The van der Waals surface area contributed by atoms with Gasteiger partial charge in [-0.3, -0.25) is 4.79 Å². The van der Waals surface area contributed by atoms with Gasteiger partial charge in [0, 0.05) is 17.2 Å². The fourth-order valence-corrected chi connectivity index (χ4v) is 1.90. The highest BCUT2D eigenvalue weighted by Crippen LogP contribution is 2.17. The Labute approximate surface area is 118 Å². The van der Waals surface area contributed by atoms with Gasteiger partial charge in [-0.15, -0.1) is 6.58 Å². The Morgan fingerprint density at radius 2 is 1.60 bits per heavy atom. The molecule has 102 valence electrons. The molecule has 1 unspecified atom stereocenters. The summed E-state index contributed by atoms with van der Waals surface area (Å²) in [6.45, 7) is 3.65. The van der Waals surface area contributed by atoms with Crippen LogP contribution in [0.5, 0.6) is 5.75 Å². The number of rotatable bonds is 5. The van der Waals surface area contributed by atoms with Crippen LogP contribution in [0.2, 0.25) is 0 Å². The van der Waals surface area contributed by atoms with Gasteiger partial charge in [-0.2, -0.15) is 0 Å². The first-order chi connectivity index (χ1) is 9.65. The third kappa shape index (κ3) is 2.95. The number of nitrogens with two attached hydrogens (primary N) is 1. The van der Waals surface area contributed by atoms with Crippen LogP contribution in [0.25, 0.3) is 0 Å². The van der Waals surface area contributed by atoms with E-state index in [2.05, 4.69) is 6.58 Å². The summed E-state index contributed by atoms with van der Waals surface area (Å²) in [5.74, 6) is 0.709. The molecule has 0 heterocycles. The second-order valence-corrected chi connectivity index (χ2v) is 4.44. The largest absolute Gasteiger partial charge is 0.497 e. The first-order valence-electron chi connectivity index (χ1n) is 6.32. The minimum Gasteiger partial charge on any atom is -0.497 e. The third-order valence-corrected chi connectivity index (χ3v) is 3.16. The van der Waals surface area contributed by atoms with E-state index in [9.17, 15) is 4.79 Å². The Kier molecular flexibility index (Phi) is 4.33. The molecule has 3 heteroatoms. The molecule has 0 bridgehead atoms. The molecule has 0 saturated carbocycles. The van der Waals surface area contributed by atoms with Crippen LogP contribution in [0.15, 0.2) is 61.2 Å². The van der Waals surface area contributed by atoms with Crippen LogP contribution in [-0.4, -0.2) is 12.9 Å². The summed E-state index contributed by atoms with van der Waals surface area (Å²) in [4.78, 5) is 12.3. The van der Waals surface area contributed by atoms with Crippen LogP contribution >= 0.6 is 0 Å². The number of hydrogen-bond acceptors (Lipinski definition) is 3. The van der Waals surface area contributed by atoms with Gasteiger partial charge >= 0.3 is 0 Å². The van der Waals surface area contributed by atoms with Gasteiger partial charge in [0.2, 0.25) is 0 Å². The lowest BCUT2D eigenvalue weighted by Crippen LogP contribution is -2.07. The monoisotopic (exact) mass is 267 g/mol. The average molecular weight is 267 g/mol. The van der Waals surface area contributed by atoms with Crippen molar-refractivity contribution in [3.63, 3.8) is 0 Å². The van der Waals surface area contributed by atoms with Crippen molar-refractivity contribution in [2.45, 2.75) is 6.04 Å². The highest BCUT2D eigenvalue weighted by atomic mass is 16.5.